The Bertz CT molecular complexity index is 501. The van der Waals surface area contributed by atoms with Crippen LogP contribution in [0.3, 0.4) is 0 Å². The minimum atomic E-state index is -0.685. The molecule has 0 unspecified atom stereocenters. The Morgan fingerprint density at radius 3 is 2.47 bits per heavy atom. The second-order valence-corrected chi connectivity index (χ2v) is 5.57. The molecule has 0 aliphatic rings. The first kappa shape index (κ1) is 15.9. The summed E-state index contributed by atoms with van der Waals surface area (Å²) in [6.07, 6.45) is 1.24. The van der Waals surface area contributed by atoms with E-state index in [1.807, 2.05) is 13.8 Å². The number of phenolic OH excluding ortho intramolecular Hbond substituents is 1. The number of nitrogens with two attached hydrogens (primary N) is 1. The molecule has 19 heavy (non-hydrogen) atoms. The van der Waals surface area contributed by atoms with Gasteiger partial charge in [0.05, 0.1) is 15.0 Å². The topological polar surface area (TPSA) is 75.3 Å². The third-order valence-electron chi connectivity index (χ3n) is 3.24. The number of rotatable bonds is 5. The molecule has 0 aromatic heterocycles. The number of carbonyl (C=O) groups excluding carboxylic acids is 1. The van der Waals surface area contributed by atoms with E-state index >= 15 is 0 Å². The van der Waals surface area contributed by atoms with Crippen molar-refractivity contribution in [1.29, 1.82) is 0 Å². The molecule has 104 valence electrons. The first-order valence-corrected chi connectivity index (χ1v) is 7.17. The van der Waals surface area contributed by atoms with Crippen LogP contribution >= 0.6 is 28.1 Å². The zero-order chi connectivity index (χ0) is 14.6. The van der Waals surface area contributed by atoms with Gasteiger partial charge < -0.3 is 16.2 Å². The average molecular weight is 345 g/mol. The number of carbonyl (C=O) groups is 1. The molecule has 0 aliphatic carbocycles. The molecule has 0 atom stereocenters. The van der Waals surface area contributed by atoms with E-state index in [4.69, 9.17) is 18.0 Å². The molecule has 0 aliphatic heterocycles. The van der Waals surface area contributed by atoms with Crippen molar-refractivity contribution in [3.05, 3.63) is 28.2 Å². The summed E-state index contributed by atoms with van der Waals surface area (Å²) < 4.78 is 0.538. The van der Waals surface area contributed by atoms with Crippen molar-refractivity contribution in [1.82, 2.24) is 5.32 Å². The van der Waals surface area contributed by atoms with Crippen LogP contribution in [0.15, 0.2) is 22.7 Å². The van der Waals surface area contributed by atoms with Gasteiger partial charge in [0.15, 0.2) is 0 Å². The molecule has 0 spiro atoms. The average Bonchev–Trinajstić information content (AvgIpc) is 2.38. The van der Waals surface area contributed by atoms with Crippen molar-refractivity contribution < 1.29 is 9.90 Å². The second kappa shape index (κ2) is 6.34. The lowest BCUT2D eigenvalue weighted by Crippen LogP contribution is -2.55. The van der Waals surface area contributed by atoms with Crippen molar-refractivity contribution in [2.24, 2.45) is 5.73 Å². The highest BCUT2D eigenvalue weighted by Gasteiger charge is 2.31. The van der Waals surface area contributed by atoms with Crippen molar-refractivity contribution in [2.75, 3.05) is 0 Å². The van der Waals surface area contributed by atoms with Crippen LogP contribution in [0.1, 0.15) is 37.0 Å². The SMILES string of the molecule is CCC(CC)(NC(=O)c1ccc(Br)c(O)c1)C(N)=S. The van der Waals surface area contributed by atoms with Gasteiger partial charge in [-0.05, 0) is 47.0 Å². The van der Waals surface area contributed by atoms with Gasteiger partial charge >= 0.3 is 0 Å². The summed E-state index contributed by atoms with van der Waals surface area (Å²) in [7, 11) is 0. The Morgan fingerprint density at radius 2 is 2.05 bits per heavy atom. The maximum absolute atomic E-state index is 12.2. The van der Waals surface area contributed by atoms with E-state index in [1.165, 1.54) is 6.07 Å². The number of hydrogen-bond donors (Lipinski definition) is 3. The summed E-state index contributed by atoms with van der Waals surface area (Å²) in [5, 5.41) is 12.5. The predicted octanol–water partition coefficient (Wildman–Crippen LogP) is 2.73. The first-order valence-electron chi connectivity index (χ1n) is 5.97. The molecule has 1 amide bonds. The Balaban J connectivity index is 3.00. The summed E-state index contributed by atoms with van der Waals surface area (Å²) in [6, 6.07) is 4.63. The number of nitrogens with one attached hydrogen (secondary N) is 1. The van der Waals surface area contributed by atoms with Gasteiger partial charge in [-0.3, -0.25) is 4.79 Å². The maximum atomic E-state index is 12.2. The Kier molecular flexibility index (Phi) is 5.31. The smallest absolute Gasteiger partial charge is 0.252 e. The fourth-order valence-corrected chi connectivity index (χ4v) is 2.37. The highest BCUT2D eigenvalue weighted by molar-refractivity contribution is 9.10. The molecule has 6 heteroatoms. The number of amides is 1. The number of hydrogen-bond acceptors (Lipinski definition) is 3. The van der Waals surface area contributed by atoms with E-state index in [0.29, 0.717) is 22.9 Å². The highest BCUT2D eigenvalue weighted by Crippen LogP contribution is 2.25. The number of aromatic hydroxyl groups is 1. The zero-order valence-electron chi connectivity index (χ0n) is 10.9. The lowest BCUT2D eigenvalue weighted by molar-refractivity contribution is 0.0919. The summed E-state index contributed by atoms with van der Waals surface area (Å²) in [5.41, 5.74) is 5.41. The van der Waals surface area contributed by atoms with E-state index in [-0.39, 0.29) is 16.6 Å². The monoisotopic (exact) mass is 344 g/mol. The van der Waals surface area contributed by atoms with Gasteiger partial charge in [0, 0.05) is 5.56 Å². The van der Waals surface area contributed by atoms with Gasteiger partial charge in [-0.25, -0.2) is 0 Å². The van der Waals surface area contributed by atoms with E-state index in [2.05, 4.69) is 21.2 Å². The number of phenols is 1. The molecule has 0 saturated carbocycles. The fraction of sp³-hybridized carbons (Fsp3) is 0.385. The minimum Gasteiger partial charge on any atom is -0.507 e. The molecule has 1 aromatic carbocycles. The van der Waals surface area contributed by atoms with Crippen LogP contribution in [-0.4, -0.2) is 21.5 Å². The van der Waals surface area contributed by atoms with Crippen LogP contribution in [0.2, 0.25) is 0 Å². The van der Waals surface area contributed by atoms with E-state index in [1.54, 1.807) is 12.1 Å². The number of halogens is 1. The molecule has 0 saturated heterocycles. The molecule has 1 rings (SSSR count). The molecule has 0 heterocycles. The lowest BCUT2D eigenvalue weighted by atomic mass is 9.92. The molecule has 0 bridgehead atoms. The Labute approximate surface area is 126 Å². The standard InChI is InChI=1S/C13H17BrN2O2S/c1-3-13(4-2,12(15)19)16-11(18)8-5-6-9(14)10(17)7-8/h5-7,17H,3-4H2,1-2H3,(H2,15,19)(H,16,18). The molecule has 4 nitrogen and oxygen atoms in total. The highest BCUT2D eigenvalue weighted by atomic mass is 79.9. The number of benzene rings is 1. The van der Waals surface area contributed by atoms with Gasteiger partial charge in [0.1, 0.15) is 5.75 Å². The van der Waals surface area contributed by atoms with Crippen molar-refractivity contribution >= 4 is 39.0 Å². The van der Waals surface area contributed by atoms with Gasteiger partial charge in [-0.15, -0.1) is 0 Å². The summed E-state index contributed by atoms with van der Waals surface area (Å²) in [6.45, 7) is 3.84. The van der Waals surface area contributed by atoms with Gasteiger partial charge in [-0.2, -0.15) is 0 Å². The third kappa shape index (κ3) is 3.45. The van der Waals surface area contributed by atoms with Crippen LogP contribution in [0.25, 0.3) is 0 Å². The minimum absolute atomic E-state index is 0.0153. The van der Waals surface area contributed by atoms with E-state index in [0.717, 1.165) is 0 Å². The number of thiocarbonyl (C=S) groups is 1. The lowest BCUT2D eigenvalue weighted by Gasteiger charge is -2.31. The summed E-state index contributed by atoms with van der Waals surface area (Å²) >= 11 is 8.22. The van der Waals surface area contributed by atoms with Crippen LogP contribution in [-0.2, 0) is 0 Å². The molecular weight excluding hydrogens is 328 g/mol. The van der Waals surface area contributed by atoms with Crippen LogP contribution in [0.4, 0.5) is 0 Å². The molecule has 0 fully saturated rings. The summed E-state index contributed by atoms with van der Waals surface area (Å²) in [4.78, 5) is 12.5. The van der Waals surface area contributed by atoms with Crippen LogP contribution in [0, 0.1) is 0 Å². The predicted molar refractivity (Wildman–Crippen MR) is 83.4 cm³/mol. The normalized spacial score (nSPS) is 11.1. The molecular formula is C13H17BrN2O2S. The van der Waals surface area contributed by atoms with Crippen LogP contribution in [0.5, 0.6) is 5.75 Å². The van der Waals surface area contributed by atoms with Gasteiger partial charge in [0.25, 0.3) is 5.91 Å². The van der Waals surface area contributed by atoms with Crippen molar-refractivity contribution in [3.63, 3.8) is 0 Å². The Morgan fingerprint density at radius 1 is 1.47 bits per heavy atom. The van der Waals surface area contributed by atoms with Gasteiger partial charge in [0.2, 0.25) is 0 Å². The van der Waals surface area contributed by atoms with E-state index in [9.17, 15) is 9.90 Å². The van der Waals surface area contributed by atoms with Crippen LogP contribution < -0.4 is 11.1 Å². The van der Waals surface area contributed by atoms with Crippen molar-refractivity contribution in [3.8, 4) is 5.75 Å². The second-order valence-electron chi connectivity index (χ2n) is 4.27. The van der Waals surface area contributed by atoms with Crippen molar-refractivity contribution in [2.45, 2.75) is 32.2 Å². The Hall–Kier alpha value is -1.14. The largest absolute Gasteiger partial charge is 0.507 e. The first-order chi connectivity index (χ1) is 8.86. The quantitative estimate of drug-likeness (QED) is 0.718. The third-order valence-corrected chi connectivity index (χ3v) is 4.30. The fourth-order valence-electron chi connectivity index (χ4n) is 1.78. The summed E-state index contributed by atoms with van der Waals surface area (Å²) in [5.74, 6) is -0.291. The zero-order valence-corrected chi connectivity index (χ0v) is 13.3. The molecule has 1 aromatic rings. The van der Waals surface area contributed by atoms with E-state index < -0.39 is 5.54 Å². The van der Waals surface area contributed by atoms with Gasteiger partial charge in [-0.1, -0.05) is 26.1 Å². The maximum Gasteiger partial charge on any atom is 0.252 e. The molecule has 4 N–H and O–H groups in total. The molecule has 0 radical (unpaired) electrons.